The average Bonchev–Trinajstić information content (AvgIpc) is 3.63. The van der Waals surface area contributed by atoms with Crippen molar-refractivity contribution in [3.05, 3.63) is 77.1 Å². The first-order valence-electron chi connectivity index (χ1n) is 12.1. The van der Waals surface area contributed by atoms with Crippen molar-refractivity contribution in [1.82, 2.24) is 5.32 Å². The van der Waals surface area contributed by atoms with Crippen molar-refractivity contribution in [3.63, 3.8) is 0 Å². The first kappa shape index (κ1) is 28.3. The van der Waals surface area contributed by atoms with E-state index in [1.54, 1.807) is 6.92 Å². The van der Waals surface area contributed by atoms with E-state index >= 15 is 0 Å². The van der Waals surface area contributed by atoms with Crippen LogP contribution in [0.1, 0.15) is 89.0 Å². The molecule has 1 saturated carbocycles. The quantitative estimate of drug-likeness (QED) is 0.480. The summed E-state index contributed by atoms with van der Waals surface area (Å²) in [5.41, 5.74) is 6.17. The predicted molar refractivity (Wildman–Crippen MR) is 137 cm³/mol. The maximum Gasteiger partial charge on any atom is 0.233 e. The molecular weight excluding hydrogens is 413 g/mol. The van der Waals surface area contributed by atoms with Crippen LogP contribution >= 0.6 is 0 Å². The number of benzene rings is 2. The van der Waals surface area contributed by atoms with Crippen molar-refractivity contribution in [3.8, 4) is 0 Å². The third-order valence-corrected chi connectivity index (χ3v) is 5.62. The molecule has 1 unspecified atom stereocenters. The Morgan fingerprint density at radius 2 is 1.70 bits per heavy atom. The lowest BCUT2D eigenvalue weighted by Gasteiger charge is -2.10. The Morgan fingerprint density at radius 1 is 1.09 bits per heavy atom. The van der Waals surface area contributed by atoms with Gasteiger partial charge in [0.15, 0.2) is 0 Å². The van der Waals surface area contributed by atoms with Gasteiger partial charge in [-0.2, -0.15) is 0 Å². The summed E-state index contributed by atoms with van der Waals surface area (Å²) in [6.45, 7) is 15.3. The summed E-state index contributed by atoms with van der Waals surface area (Å²) in [5.74, 6) is -0.561. The molecule has 3 nitrogen and oxygen atoms in total. The van der Waals surface area contributed by atoms with Crippen LogP contribution in [0.4, 0.5) is 4.39 Å². The Kier molecular flexibility index (Phi) is 12.3. The number of nitrogens with one attached hydrogen (secondary N) is 1. The van der Waals surface area contributed by atoms with E-state index in [9.17, 15) is 14.0 Å². The molecule has 0 saturated heterocycles. The monoisotopic (exact) mass is 453 g/mol. The van der Waals surface area contributed by atoms with Crippen LogP contribution in [-0.4, -0.2) is 11.8 Å². The summed E-state index contributed by atoms with van der Waals surface area (Å²) < 4.78 is 12.6. The van der Waals surface area contributed by atoms with Gasteiger partial charge in [-0.25, -0.2) is 4.39 Å². The van der Waals surface area contributed by atoms with Gasteiger partial charge in [-0.15, -0.1) is 0 Å². The van der Waals surface area contributed by atoms with Gasteiger partial charge in [0.1, 0.15) is 5.82 Å². The van der Waals surface area contributed by atoms with Gasteiger partial charge in [-0.1, -0.05) is 76.1 Å². The van der Waals surface area contributed by atoms with Gasteiger partial charge in [-0.3, -0.25) is 14.9 Å². The number of allylic oxidation sites excluding steroid dienone is 1. The minimum atomic E-state index is -0.463. The summed E-state index contributed by atoms with van der Waals surface area (Å²) in [4.78, 5) is 22.1. The van der Waals surface area contributed by atoms with Crippen LogP contribution in [0, 0.1) is 11.7 Å². The van der Waals surface area contributed by atoms with Gasteiger partial charge >= 0.3 is 0 Å². The minimum Gasteiger partial charge on any atom is -0.296 e. The SMILES string of the molecule is C=C(C)c1cc(CCC2CC2)ccc1CC.CC.CC(=O)NC(=O)C(C)c1ccc(F)cc1. The highest BCUT2D eigenvalue weighted by atomic mass is 19.1. The van der Waals surface area contributed by atoms with Crippen molar-refractivity contribution < 1.29 is 14.0 Å². The van der Waals surface area contributed by atoms with E-state index in [0.717, 1.165) is 12.3 Å². The Hall–Kier alpha value is -2.75. The summed E-state index contributed by atoms with van der Waals surface area (Å²) in [6.07, 6.45) is 6.64. The van der Waals surface area contributed by atoms with Crippen molar-refractivity contribution in [2.45, 2.75) is 79.6 Å². The number of amides is 2. The highest BCUT2D eigenvalue weighted by molar-refractivity contribution is 5.97. The fraction of sp³-hybridized carbons (Fsp3) is 0.448. The number of imide groups is 1. The number of hydrogen-bond donors (Lipinski definition) is 1. The van der Waals surface area contributed by atoms with E-state index < -0.39 is 11.8 Å². The zero-order valence-corrected chi connectivity index (χ0v) is 21.1. The summed E-state index contributed by atoms with van der Waals surface area (Å²) >= 11 is 0. The van der Waals surface area contributed by atoms with E-state index in [1.165, 1.54) is 79.1 Å². The molecule has 2 aromatic carbocycles. The first-order chi connectivity index (χ1) is 15.7. The molecule has 1 aliphatic rings. The molecule has 1 atom stereocenters. The largest absolute Gasteiger partial charge is 0.296 e. The molecule has 3 rings (SSSR count). The zero-order chi connectivity index (χ0) is 25.0. The van der Waals surface area contributed by atoms with Crippen molar-refractivity contribution >= 4 is 17.4 Å². The normalized spacial score (nSPS) is 12.9. The van der Waals surface area contributed by atoms with Crippen LogP contribution in [0.3, 0.4) is 0 Å². The Bertz CT molecular complexity index is 914. The van der Waals surface area contributed by atoms with Gasteiger partial charge in [-0.05, 0) is 73.4 Å². The second-order valence-electron chi connectivity index (χ2n) is 8.43. The number of carbonyl (C=O) groups excluding carboxylic acids is 2. The van der Waals surface area contributed by atoms with E-state index in [2.05, 4.69) is 43.9 Å². The molecule has 0 radical (unpaired) electrons. The van der Waals surface area contributed by atoms with E-state index in [1.807, 2.05) is 13.8 Å². The number of halogens is 1. The molecule has 2 amide bonds. The number of rotatable bonds is 7. The molecule has 0 spiro atoms. The Balaban J connectivity index is 0.000000308. The first-order valence-corrected chi connectivity index (χ1v) is 12.1. The van der Waals surface area contributed by atoms with Gasteiger partial charge in [0.05, 0.1) is 5.92 Å². The summed E-state index contributed by atoms with van der Waals surface area (Å²) in [6, 6.07) is 12.6. The molecule has 0 aromatic heterocycles. The van der Waals surface area contributed by atoms with Crippen molar-refractivity contribution in [2.24, 2.45) is 5.92 Å². The fourth-order valence-corrected chi connectivity index (χ4v) is 3.45. The summed E-state index contributed by atoms with van der Waals surface area (Å²) in [5, 5.41) is 2.18. The van der Waals surface area contributed by atoms with Crippen molar-refractivity contribution in [1.29, 1.82) is 0 Å². The standard InChI is InChI=1S/C16H22.C11H12FNO2.C2H6/c1-4-15-10-9-14(8-7-13-5-6-13)11-16(15)12(2)3;1-7(11(15)13-8(2)14)9-3-5-10(12)6-4-9;1-2/h9-11,13H,2,4-8H2,1,3H3;3-7H,1-2H3,(H,13,14,15);1-2H3. The van der Waals surface area contributed by atoms with E-state index in [4.69, 9.17) is 0 Å². The number of hydrogen-bond acceptors (Lipinski definition) is 2. The Labute approximate surface area is 199 Å². The highest BCUT2D eigenvalue weighted by Crippen LogP contribution is 2.33. The van der Waals surface area contributed by atoms with Gasteiger partial charge in [0.2, 0.25) is 11.8 Å². The van der Waals surface area contributed by atoms with E-state index in [-0.39, 0.29) is 11.7 Å². The van der Waals surface area contributed by atoms with Crippen LogP contribution < -0.4 is 5.32 Å². The lowest BCUT2D eigenvalue weighted by atomic mass is 9.95. The zero-order valence-electron chi connectivity index (χ0n) is 21.1. The molecule has 1 aliphatic carbocycles. The van der Waals surface area contributed by atoms with Crippen LogP contribution in [-0.2, 0) is 22.4 Å². The van der Waals surface area contributed by atoms with Gasteiger partial charge in [0.25, 0.3) is 0 Å². The van der Waals surface area contributed by atoms with Crippen molar-refractivity contribution in [2.75, 3.05) is 0 Å². The maximum atomic E-state index is 12.6. The van der Waals surface area contributed by atoms with Crippen LogP contribution in [0.5, 0.6) is 0 Å². The molecular formula is C29H40FNO2. The van der Waals surface area contributed by atoms with Crippen LogP contribution in [0.15, 0.2) is 49.0 Å². The predicted octanol–water partition coefficient (Wildman–Crippen LogP) is 7.24. The molecule has 0 heterocycles. The van der Waals surface area contributed by atoms with Crippen LogP contribution in [0.25, 0.3) is 5.57 Å². The fourth-order valence-electron chi connectivity index (χ4n) is 3.45. The average molecular weight is 454 g/mol. The highest BCUT2D eigenvalue weighted by Gasteiger charge is 2.20. The number of carbonyl (C=O) groups is 2. The third-order valence-electron chi connectivity index (χ3n) is 5.62. The van der Waals surface area contributed by atoms with Gasteiger partial charge < -0.3 is 0 Å². The van der Waals surface area contributed by atoms with Crippen LogP contribution in [0.2, 0.25) is 0 Å². The minimum absolute atomic E-state index is 0.349. The molecule has 33 heavy (non-hydrogen) atoms. The number of aryl methyl sites for hydroxylation is 2. The maximum absolute atomic E-state index is 12.6. The lowest BCUT2D eigenvalue weighted by Crippen LogP contribution is -2.31. The van der Waals surface area contributed by atoms with E-state index in [0.29, 0.717) is 5.56 Å². The third kappa shape index (κ3) is 10.2. The molecule has 1 fully saturated rings. The molecule has 1 N–H and O–H groups in total. The second-order valence-corrected chi connectivity index (χ2v) is 8.43. The molecule has 180 valence electrons. The molecule has 0 aliphatic heterocycles. The second kappa shape index (κ2) is 14.4. The summed E-state index contributed by atoms with van der Waals surface area (Å²) in [7, 11) is 0. The Morgan fingerprint density at radius 3 is 2.18 bits per heavy atom. The molecule has 0 bridgehead atoms. The smallest absolute Gasteiger partial charge is 0.233 e. The topological polar surface area (TPSA) is 46.2 Å². The molecule has 4 heteroatoms. The molecule has 2 aromatic rings. The van der Waals surface area contributed by atoms with Gasteiger partial charge in [0, 0.05) is 6.92 Å². The lowest BCUT2D eigenvalue weighted by molar-refractivity contribution is -0.129.